The van der Waals surface area contributed by atoms with Crippen LogP contribution in [0.2, 0.25) is 10.1 Å². The number of carbonyl (C=O) groups excluding carboxylic acids is 1. The Morgan fingerprint density at radius 2 is 1.89 bits per heavy atom. The highest BCUT2D eigenvalue weighted by atomic mass is 35.5. The summed E-state index contributed by atoms with van der Waals surface area (Å²) in [5.74, 6) is 0.0792. The van der Waals surface area contributed by atoms with Gasteiger partial charge in [-0.15, -0.1) is 0 Å². The number of nitrogens with zero attached hydrogens (tertiary/aromatic N) is 2. The topological polar surface area (TPSA) is 44.1 Å². The Morgan fingerprint density at radius 1 is 1.22 bits per heavy atom. The molecule has 0 bridgehead atoms. The highest BCUT2D eigenvalue weighted by molar-refractivity contribution is 6.35. The van der Waals surface area contributed by atoms with Gasteiger partial charge in [-0.1, -0.05) is 58.4 Å². The molecule has 1 aromatic heterocycles. The highest BCUT2D eigenvalue weighted by Gasteiger charge is 2.49. The molecule has 1 unspecified atom stereocenters. The van der Waals surface area contributed by atoms with E-state index < -0.39 is 20.8 Å². The van der Waals surface area contributed by atoms with Gasteiger partial charge < -0.3 is 8.99 Å². The third-order valence-electron chi connectivity index (χ3n) is 5.26. The van der Waals surface area contributed by atoms with Gasteiger partial charge in [0.1, 0.15) is 0 Å². The van der Waals surface area contributed by atoms with E-state index in [2.05, 4.69) is 44.2 Å². The lowest BCUT2D eigenvalue weighted by atomic mass is 9.83. The molecule has 0 saturated heterocycles. The van der Waals surface area contributed by atoms with E-state index in [-0.39, 0.29) is 16.9 Å². The van der Waals surface area contributed by atoms with E-state index in [1.54, 1.807) is 6.07 Å². The molecule has 0 N–H and O–H groups in total. The summed E-state index contributed by atoms with van der Waals surface area (Å²) in [5.41, 5.74) is 1.49. The normalized spacial score (nSPS) is 19.9. The van der Waals surface area contributed by atoms with Crippen molar-refractivity contribution >= 4 is 27.1 Å². The number of imidazole rings is 1. The van der Waals surface area contributed by atoms with E-state index >= 15 is 0 Å². The number of Topliss-reactive ketones (excluding diaryl/α,β-unsaturated/α-hetero) is 1. The van der Waals surface area contributed by atoms with Gasteiger partial charge in [-0.25, -0.2) is 4.98 Å². The molecule has 1 heterocycles. The number of ketones is 1. The van der Waals surface area contributed by atoms with Crippen LogP contribution >= 0.6 is 11.6 Å². The SMILES string of the molecule is CC(C)(C)[SiH2]OC(C)(C)c1cncn1C1c2cccc(Cl)c2C(=O)C1(C)C. The lowest BCUT2D eigenvalue weighted by molar-refractivity contribution is 0.0775. The smallest absolute Gasteiger partial charge is 0.172 e. The Labute approximate surface area is 169 Å². The summed E-state index contributed by atoms with van der Waals surface area (Å²) in [7, 11) is -0.747. The maximum Gasteiger partial charge on any atom is 0.172 e. The van der Waals surface area contributed by atoms with Crippen molar-refractivity contribution in [2.45, 2.75) is 65.1 Å². The van der Waals surface area contributed by atoms with Crippen molar-refractivity contribution in [1.29, 1.82) is 0 Å². The summed E-state index contributed by atoms with van der Waals surface area (Å²) in [5, 5.41) is 0.718. The van der Waals surface area contributed by atoms with Crippen LogP contribution in [0.15, 0.2) is 30.7 Å². The lowest BCUT2D eigenvalue weighted by Gasteiger charge is -2.35. The zero-order chi connectivity index (χ0) is 20.2. The third-order valence-corrected chi connectivity index (χ3v) is 7.31. The maximum absolute atomic E-state index is 13.1. The van der Waals surface area contributed by atoms with Crippen LogP contribution in [0, 0.1) is 5.41 Å². The molecule has 0 spiro atoms. The molecule has 0 amide bonds. The first-order chi connectivity index (χ1) is 12.4. The minimum absolute atomic E-state index is 0.0792. The molecule has 146 valence electrons. The number of rotatable bonds is 4. The molecule has 1 aromatic carbocycles. The first kappa shape index (κ1) is 20.3. The van der Waals surface area contributed by atoms with E-state index in [0.717, 1.165) is 11.3 Å². The number of benzene rings is 1. The van der Waals surface area contributed by atoms with E-state index in [9.17, 15) is 4.79 Å². The van der Waals surface area contributed by atoms with Crippen LogP contribution in [0.25, 0.3) is 0 Å². The van der Waals surface area contributed by atoms with Crippen molar-refractivity contribution in [3.05, 3.63) is 52.6 Å². The van der Waals surface area contributed by atoms with Gasteiger partial charge in [0.2, 0.25) is 0 Å². The monoisotopic (exact) mass is 404 g/mol. The highest BCUT2D eigenvalue weighted by Crippen LogP contribution is 2.50. The van der Waals surface area contributed by atoms with Gasteiger partial charge in [0.15, 0.2) is 15.5 Å². The number of carbonyl (C=O) groups is 1. The standard InChI is InChI=1S/C21H29ClN2O2Si/c1-19(2,3)27-26-21(6,7)15-11-23-12-24(15)17-13-9-8-10-14(22)16(13)18(25)20(17,4)5/h8-12,17H,27H2,1-7H3. The van der Waals surface area contributed by atoms with Gasteiger partial charge in [-0.2, -0.15) is 0 Å². The predicted molar refractivity (Wildman–Crippen MR) is 112 cm³/mol. The quantitative estimate of drug-likeness (QED) is 0.680. The van der Waals surface area contributed by atoms with E-state index in [4.69, 9.17) is 16.0 Å². The van der Waals surface area contributed by atoms with E-state index in [1.807, 2.05) is 38.5 Å². The second-order valence-corrected chi connectivity index (χ2v) is 12.8. The second kappa shape index (κ2) is 6.57. The Bertz CT molecular complexity index is 881. The molecule has 0 fully saturated rings. The molecule has 0 saturated carbocycles. The van der Waals surface area contributed by atoms with Gasteiger partial charge in [0.05, 0.1) is 40.3 Å². The average molecular weight is 405 g/mol. The Hall–Kier alpha value is -1.43. The van der Waals surface area contributed by atoms with Crippen molar-refractivity contribution in [3.63, 3.8) is 0 Å². The van der Waals surface area contributed by atoms with Crippen molar-refractivity contribution in [2.75, 3.05) is 0 Å². The number of fused-ring (bicyclic) bond motifs is 1. The molecule has 0 radical (unpaired) electrons. The summed E-state index contributed by atoms with van der Waals surface area (Å²) >= 11 is 6.38. The van der Waals surface area contributed by atoms with Crippen molar-refractivity contribution in [2.24, 2.45) is 5.41 Å². The molecular formula is C21H29ClN2O2Si. The average Bonchev–Trinajstić information content (AvgIpc) is 3.08. The minimum atomic E-state index is -0.747. The maximum atomic E-state index is 13.1. The molecule has 3 rings (SSSR count). The van der Waals surface area contributed by atoms with E-state index in [1.165, 1.54) is 0 Å². The molecule has 1 aliphatic rings. The zero-order valence-corrected chi connectivity index (χ0v) is 19.4. The summed E-state index contributed by atoms with van der Waals surface area (Å²) in [6.07, 6.45) is 3.68. The molecule has 1 atom stereocenters. The number of hydrogen-bond acceptors (Lipinski definition) is 3. The number of halogens is 1. The fraction of sp³-hybridized carbons (Fsp3) is 0.524. The Balaban J connectivity index is 2.08. The first-order valence-electron chi connectivity index (χ1n) is 9.36. The zero-order valence-electron chi connectivity index (χ0n) is 17.3. The van der Waals surface area contributed by atoms with Crippen LogP contribution in [0.3, 0.4) is 0 Å². The summed E-state index contributed by atoms with van der Waals surface area (Å²) in [4.78, 5) is 17.5. The van der Waals surface area contributed by atoms with Gasteiger partial charge in [-0.3, -0.25) is 4.79 Å². The van der Waals surface area contributed by atoms with Crippen LogP contribution < -0.4 is 0 Å². The third kappa shape index (κ3) is 3.53. The summed E-state index contributed by atoms with van der Waals surface area (Å²) < 4.78 is 8.52. The van der Waals surface area contributed by atoms with Gasteiger partial charge in [0, 0.05) is 5.56 Å². The second-order valence-electron chi connectivity index (χ2n) is 9.70. The summed E-state index contributed by atoms with van der Waals surface area (Å²) in [6, 6.07) is 5.54. The number of aromatic nitrogens is 2. The summed E-state index contributed by atoms with van der Waals surface area (Å²) in [6.45, 7) is 14.8. The molecule has 0 aliphatic heterocycles. The van der Waals surface area contributed by atoms with Crippen molar-refractivity contribution < 1.29 is 9.22 Å². The van der Waals surface area contributed by atoms with Crippen LogP contribution in [0.1, 0.15) is 76.1 Å². The predicted octanol–water partition coefficient (Wildman–Crippen LogP) is 4.90. The minimum Gasteiger partial charge on any atom is -0.413 e. The molecule has 6 heteroatoms. The molecule has 1 aliphatic carbocycles. The molecule has 4 nitrogen and oxygen atoms in total. The van der Waals surface area contributed by atoms with Crippen LogP contribution in [-0.4, -0.2) is 25.1 Å². The fourth-order valence-electron chi connectivity index (χ4n) is 3.79. The van der Waals surface area contributed by atoms with E-state index in [0.29, 0.717) is 10.6 Å². The lowest BCUT2D eigenvalue weighted by Crippen LogP contribution is -2.34. The first-order valence-corrected chi connectivity index (χ1v) is 11.0. The van der Waals surface area contributed by atoms with Gasteiger partial charge >= 0.3 is 0 Å². The molecule has 27 heavy (non-hydrogen) atoms. The van der Waals surface area contributed by atoms with Crippen LogP contribution in [0.5, 0.6) is 0 Å². The van der Waals surface area contributed by atoms with Crippen LogP contribution in [-0.2, 0) is 10.0 Å². The van der Waals surface area contributed by atoms with Gasteiger partial charge in [0.25, 0.3) is 0 Å². The van der Waals surface area contributed by atoms with Crippen molar-refractivity contribution in [1.82, 2.24) is 9.55 Å². The van der Waals surface area contributed by atoms with Crippen molar-refractivity contribution in [3.8, 4) is 0 Å². The number of hydrogen-bond donors (Lipinski definition) is 0. The Morgan fingerprint density at radius 3 is 2.52 bits per heavy atom. The molecule has 2 aromatic rings. The molecular weight excluding hydrogens is 376 g/mol. The Kier molecular flexibility index (Phi) is 4.94. The van der Waals surface area contributed by atoms with Crippen LogP contribution in [0.4, 0.5) is 0 Å². The fourth-order valence-corrected chi connectivity index (χ4v) is 5.00. The van der Waals surface area contributed by atoms with Gasteiger partial charge in [-0.05, 0) is 30.5 Å². The largest absolute Gasteiger partial charge is 0.413 e.